The smallest absolute Gasteiger partial charge is 0.259 e. The molecule has 0 aliphatic carbocycles. The first-order valence-corrected chi connectivity index (χ1v) is 12.0. The molecule has 0 radical (unpaired) electrons. The Morgan fingerprint density at radius 2 is 1.79 bits per heavy atom. The van der Waals surface area contributed by atoms with Crippen molar-refractivity contribution in [2.75, 3.05) is 50.1 Å². The Balaban J connectivity index is 1.41. The van der Waals surface area contributed by atoms with Crippen molar-refractivity contribution in [3.8, 4) is 0 Å². The zero-order chi connectivity index (χ0) is 22.8. The molecule has 7 nitrogen and oxygen atoms in total. The number of hydrogen-bond donors (Lipinski definition) is 3. The van der Waals surface area contributed by atoms with Gasteiger partial charge < -0.3 is 25.2 Å². The van der Waals surface area contributed by atoms with E-state index in [1.54, 1.807) is 6.20 Å². The predicted molar refractivity (Wildman–Crippen MR) is 134 cm³/mol. The Bertz CT molecular complexity index is 1140. The second kappa shape index (κ2) is 9.53. The third-order valence-corrected chi connectivity index (χ3v) is 7.30. The quantitative estimate of drug-likeness (QED) is 0.553. The zero-order valence-electron chi connectivity index (χ0n) is 19.3. The number of H-pyrrole nitrogens is 1. The number of aromatic nitrogens is 2. The average molecular weight is 448 g/mol. The first kappa shape index (κ1) is 21.9. The van der Waals surface area contributed by atoms with Crippen molar-refractivity contribution >= 4 is 28.1 Å². The van der Waals surface area contributed by atoms with Gasteiger partial charge in [-0.1, -0.05) is 12.1 Å². The Kier molecular flexibility index (Phi) is 6.33. The number of likely N-dealkylation sites (tertiary alicyclic amines) is 1. The summed E-state index contributed by atoms with van der Waals surface area (Å²) in [6.07, 6.45) is 5.98. The number of nitrogens with one attached hydrogen (secondary N) is 2. The van der Waals surface area contributed by atoms with E-state index in [1.165, 1.54) is 18.4 Å². The zero-order valence-corrected chi connectivity index (χ0v) is 19.3. The van der Waals surface area contributed by atoms with Crippen LogP contribution in [0.1, 0.15) is 37.2 Å². The molecule has 3 aromatic rings. The van der Waals surface area contributed by atoms with Crippen molar-refractivity contribution in [3.05, 3.63) is 58.5 Å². The third-order valence-electron chi connectivity index (χ3n) is 7.30. The minimum atomic E-state index is -0.143. The van der Waals surface area contributed by atoms with Crippen molar-refractivity contribution in [2.45, 2.75) is 31.6 Å². The molecular formula is C26H33N5O2. The van der Waals surface area contributed by atoms with Gasteiger partial charge in [0.1, 0.15) is 11.6 Å². The lowest BCUT2D eigenvalue weighted by Crippen LogP contribution is -2.35. The van der Waals surface area contributed by atoms with Crippen molar-refractivity contribution in [3.63, 3.8) is 0 Å². The number of hydrogen-bond acceptors (Lipinski definition) is 6. The molecule has 2 saturated heterocycles. The van der Waals surface area contributed by atoms with Gasteiger partial charge in [0.25, 0.3) is 5.56 Å². The van der Waals surface area contributed by atoms with Gasteiger partial charge in [0, 0.05) is 31.6 Å². The third kappa shape index (κ3) is 4.75. The van der Waals surface area contributed by atoms with Crippen LogP contribution in [0.2, 0.25) is 0 Å². The van der Waals surface area contributed by atoms with E-state index in [-0.39, 0.29) is 12.2 Å². The van der Waals surface area contributed by atoms with Crippen molar-refractivity contribution < 1.29 is 5.11 Å². The monoisotopic (exact) mass is 447 g/mol. The molecule has 2 aromatic heterocycles. The van der Waals surface area contributed by atoms with Crippen LogP contribution in [0.5, 0.6) is 0 Å². The number of pyridine rings is 2. The maximum atomic E-state index is 12.7. The molecule has 7 heteroatoms. The number of benzene rings is 1. The highest BCUT2D eigenvalue weighted by Crippen LogP contribution is 2.31. The number of aliphatic hydroxyl groups is 1. The first-order valence-electron chi connectivity index (χ1n) is 12.0. The summed E-state index contributed by atoms with van der Waals surface area (Å²) in [5.74, 6) is 2.43. The molecule has 174 valence electrons. The van der Waals surface area contributed by atoms with Crippen LogP contribution in [-0.4, -0.2) is 59.8 Å². The molecule has 0 saturated carbocycles. The summed E-state index contributed by atoms with van der Waals surface area (Å²) >= 11 is 0. The maximum Gasteiger partial charge on any atom is 0.259 e. The van der Waals surface area contributed by atoms with Crippen LogP contribution >= 0.6 is 0 Å². The number of aliphatic hydroxyl groups excluding tert-OH is 1. The molecule has 3 N–H and O–H groups in total. The summed E-state index contributed by atoms with van der Waals surface area (Å²) in [4.78, 5) is 25.0. The van der Waals surface area contributed by atoms with Crippen LogP contribution in [0, 0.1) is 5.92 Å². The lowest BCUT2D eigenvalue weighted by molar-refractivity contribution is 0.203. The number of rotatable bonds is 5. The lowest BCUT2D eigenvalue weighted by atomic mass is 9.89. The van der Waals surface area contributed by atoms with E-state index >= 15 is 0 Å². The second-order valence-corrected chi connectivity index (χ2v) is 9.54. The fourth-order valence-electron chi connectivity index (χ4n) is 5.11. The molecule has 4 heterocycles. The van der Waals surface area contributed by atoms with Crippen LogP contribution in [0.15, 0.2) is 47.4 Å². The van der Waals surface area contributed by atoms with E-state index in [9.17, 15) is 9.90 Å². The summed E-state index contributed by atoms with van der Waals surface area (Å²) in [6.45, 7) is 4.25. The van der Waals surface area contributed by atoms with Crippen LogP contribution in [0.3, 0.4) is 0 Å². The van der Waals surface area contributed by atoms with Gasteiger partial charge in [0.05, 0.1) is 5.39 Å². The Labute approximate surface area is 194 Å². The van der Waals surface area contributed by atoms with Gasteiger partial charge in [-0.15, -0.1) is 0 Å². The van der Waals surface area contributed by atoms with Gasteiger partial charge in [-0.25, -0.2) is 4.98 Å². The molecule has 5 rings (SSSR count). The highest BCUT2D eigenvalue weighted by atomic mass is 16.3. The van der Waals surface area contributed by atoms with Crippen LogP contribution in [0.4, 0.5) is 17.3 Å². The normalized spacial score (nSPS) is 18.7. The topological polar surface area (TPSA) is 84.5 Å². The fourth-order valence-corrected chi connectivity index (χ4v) is 5.11. The van der Waals surface area contributed by atoms with Crippen molar-refractivity contribution in [1.29, 1.82) is 0 Å². The molecule has 1 aromatic carbocycles. The molecular weight excluding hydrogens is 414 g/mol. The standard InChI is InChI=1S/C26H33N5O2/c1-30-12-9-20(10-13-30)19-2-4-22(5-3-19)28-25-24-21(6-11-27-26(24)33)16-23(29-25)31-14-7-18(17-32)8-15-31/h2-6,11,16,18,20,32H,7-10,12-15,17H2,1H3,(H,27,33)(H,28,29). The van der Waals surface area contributed by atoms with Gasteiger partial charge >= 0.3 is 0 Å². The first-order chi connectivity index (χ1) is 16.1. The molecule has 0 amide bonds. The minimum absolute atomic E-state index is 0.143. The van der Waals surface area contributed by atoms with Crippen molar-refractivity contribution in [1.82, 2.24) is 14.9 Å². The summed E-state index contributed by atoms with van der Waals surface area (Å²) in [6, 6.07) is 12.5. The number of nitrogens with zero attached hydrogens (tertiary/aromatic N) is 3. The van der Waals surface area contributed by atoms with Crippen LogP contribution in [-0.2, 0) is 0 Å². The summed E-state index contributed by atoms with van der Waals surface area (Å²) in [7, 11) is 2.19. The van der Waals surface area contributed by atoms with E-state index in [2.05, 4.69) is 51.4 Å². The van der Waals surface area contributed by atoms with E-state index < -0.39 is 0 Å². The second-order valence-electron chi connectivity index (χ2n) is 9.54. The molecule has 2 fully saturated rings. The summed E-state index contributed by atoms with van der Waals surface area (Å²) < 4.78 is 0. The fraction of sp³-hybridized carbons (Fsp3) is 0.462. The van der Waals surface area contributed by atoms with Gasteiger partial charge in [-0.05, 0) is 92.9 Å². The predicted octanol–water partition coefficient (Wildman–Crippen LogP) is 3.68. The van der Waals surface area contributed by atoms with Crippen molar-refractivity contribution in [2.24, 2.45) is 5.92 Å². The average Bonchev–Trinajstić information content (AvgIpc) is 2.85. The molecule has 33 heavy (non-hydrogen) atoms. The molecule has 0 unspecified atom stereocenters. The number of anilines is 3. The highest BCUT2D eigenvalue weighted by molar-refractivity contribution is 5.94. The SMILES string of the molecule is CN1CCC(c2ccc(Nc3nc(N4CCC(CO)CC4)cc4cc[nH]c(=O)c34)cc2)CC1. The molecule has 0 bridgehead atoms. The van der Waals surface area contributed by atoms with Gasteiger partial charge in [0.2, 0.25) is 0 Å². The molecule has 0 spiro atoms. The Morgan fingerprint density at radius 3 is 2.48 bits per heavy atom. The number of fused-ring (bicyclic) bond motifs is 1. The highest BCUT2D eigenvalue weighted by Gasteiger charge is 2.22. The minimum Gasteiger partial charge on any atom is -0.396 e. The number of aromatic amines is 1. The molecule has 2 aliphatic rings. The Hall–Kier alpha value is -2.90. The van der Waals surface area contributed by atoms with E-state index in [1.807, 2.05) is 12.1 Å². The van der Waals surface area contributed by atoms with Crippen LogP contribution in [0.25, 0.3) is 10.8 Å². The van der Waals surface area contributed by atoms with Gasteiger partial charge in [0.15, 0.2) is 0 Å². The number of piperidine rings is 2. The Morgan fingerprint density at radius 1 is 1.06 bits per heavy atom. The summed E-state index contributed by atoms with van der Waals surface area (Å²) in [5, 5.41) is 14.3. The van der Waals surface area contributed by atoms with E-state index in [4.69, 9.17) is 4.98 Å². The van der Waals surface area contributed by atoms with Gasteiger partial charge in [-0.2, -0.15) is 0 Å². The van der Waals surface area contributed by atoms with Crippen LogP contribution < -0.4 is 15.8 Å². The summed E-state index contributed by atoms with van der Waals surface area (Å²) in [5.41, 5.74) is 2.17. The maximum absolute atomic E-state index is 12.7. The lowest BCUT2D eigenvalue weighted by Gasteiger charge is -2.32. The van der Waals surface area contributed by atoms with Gasteiger partial charge in [-0.3, -0.25) is 4.79 Å². The molecule has 2 aliphatic heterocycles. The van der Waals surface area contributed by atoms with E-state index in [0.29, 0.717) is 23.0 Å². The largest absolute Gasteiger partial charge is 0.396 e. The molecule has 0 atom stereocenters. The van der Waals surface area contributed by atoms with E-state index in [0.717, 1.165) is 55.9 Å².